The molecule has 0 rings (SSSR count). The van der Waals surface area contributed by atoms with Crippen molar-refractivity contribution in [1.29, 1.82) is 0 Å². The Kier molecular flexibility index (Phi) is 11.4. The first-order valence-corrected chi connectivity index (χ1v) is 7.40. The van der Waals surface area contributed by atoms with E-state index in [4.69, 9.17) is 6.42 Å². The van der Waals surface area contributed by atoms with Gasteiger partial charge in [0.05, 0.1) is 11.8 Å². The van der Waals surface area contributed by atoms with Crippen molar-refractivity contribution in [1.82, 2.24) is 10.6 Å². The standard InChI is InChI=1S/C13H24N2OS/c1-4-6-7-8-15-13(16)12(3)14-9-11-17-10-5-2/h2,12,14H,4,6-11H2,1,3H3,(H,15,16). The molecule has 17 heavy (non-hydrogen) atoms. The molecule has 0 aromatic carbocycles. The lowest BCUT2D eigenvalue weighted by atomic mass is 10.2. The van der Waals surface area contributed by atoms with Crippen LogP contribution in [-0.4, -0.2) is 36.5 Å². The quantitative estimate of drug-likeness (QED) is 0.461. The highest BCUT2D eigenvalue weighted by atomic mass is 32.2. The molecule has 4 heteroatoms. The molecule has 0 aliphatic rings. The van der Waals surface area contributed by atoms with E-state index >= 15 is 0 Å². The lowest BCUT2D eigenvalue weighted by Crippen LogP contribution is -2.43. The van der Waals surface area contributed by atoms with Crippen molar-refractivity contribution in [2.45, 2.75) is 39.2 Å². The summed E-state index contributed by atoms with van der Waals surface area (Å²) in [5.41, 5.74) is 0. The van der Waals surface area contributed by atoms with Crippen LogP contribution in [0, 0.1) is 12.3 Å². The molecule has 0 bridgehead atoms. The summed E-state index contributed by atoms with van der Waals surface area (Å²) in [5.74, 6) is 4.34. The van der Waals surface area contributed by atoms with Crippen LogP contribution in [0.2, 0.25) is 0 Å². The van der Waals surface area contributed by atoms with Crippen LogP contribution in [0.4, 0.5) is 0 Å². The molecule has 1 atom stereocenters. The third kappa shape index (κ3) is 10.2. The number of rotatable bonds is 10. The summed E-state index contributed by atoms with van der Waals surface area (Å²) in [5, 5.41) is 6.11. The van der Waals surface area contributed by atoms with Gasteiger partial charge in [0.15, 0.2) is 0 Å². The molecule has 0 aromatic heterocycles. The highest BCUT2D eigenvalue weighted by molar-refractivity contribution is 7.99. The molecule has 0 saturated carbocycles. The Hall–Kier alpha value is -0.660. The van der Waals surface area contributed by atoms with Crippen molar-refractivity contribution in [3.05, 3.63) is 0 Å². The summed E-state index contributed by atoms with van der Waals surface area (Å²) >= 11 is 1.70. The van der Waals surface area contributed by atoms with E-state index in [9.17, 15) is 4.79 Å². The Morgan fingerprint density at radius 2 is 2.18 bits per heavy atom. The van der Waals surface area contributed by atoms with Gasteiger partial charge < -0.3 is 10.6 Å². The topological polar surface area (TPSA) is 41.1 Å². The summed E-state index contributed by atoms with van der Waals surface area (Å²) in [6.45, 7) is 5.64. The molecule has 0 spiro atoms. The third-order valence-electron chi connectivity index (χ3n) is 2.36. The second-order valence-corrected chi connectivity index (χ2v) is 5.04. The van der Waals surface area contributed by atoms with Crippen molar-refractivity contribution in [3.63, 3.8) is 0 Å². The van der Waals surface area contributed by atoms with Crippen molar-refractivity contribution in [2.75, 3.05) is 24.6 Å². The normalized spacial score (nSPS) is 11.8. The molecule has 0 radical (unpaired) electrons. The van der Waals surface area contributed by atoms with Crippen molar-refractivity contribution < 1.29 is 4.79 Å². The average molecular weight is 256 g/mol. The molecule has 3 nitrogen and oxygen atoms in total. The molecule has 1 unspecified atom stereocenters. The molecule has 0 aliphatic carbocycles. The number of amides is 1. The lowest BCUT2D eigenvalue weighted by Gasteiger charge is -2.13. The number of carbonyl (C=O) groups excluding carboxylic acids is 1. The predicted octanol–water partition coefficient (Wildman–Crippen LogP) is 1.64. The fourth-order valence-electron chi connectivity index (χ4n) is 1.31. The SMILES string of the molecule is C#CCSCCNC(C)C(=O)NCCCCC. The number of unbranched alkanes of at least 4 members (excludes halogenated alkanes) is 2. The van der Waals surface area contributed by atoms with E-state index in [1.807, 2.05) is 6.92 Å². The molecule has 2 N–H and O–H groups in total. The summed E-state index contributed by atoms with van der Waals surface area (Å²) in [7, 11) is 0. The highest BCUT2D eigenvalue weighted by Gasteiger charge is 2.10. The van der Waals surface area contributed by atoms with E-state index in [1.54, 1.807) is 11.8 Å². The van der Waals surface area contributed by atoms with Crippen molar-refractivity contribution in [3.8, 4) is 12.3 Å². The van der Waals surface area contributed by atoms with E-state index in [0.717, 1.165) is 31.0 Å². The second-order valence-electron chi connectivity index (χ2n) is 3.93. The van der Waals surface area contributed by atoms with Gasteiger partial charge in [0, 0.05) is 18.8 Å². The van der Waals surface area contributed by atoms with E-state index in [-0.39, 0.29) is 11.9 Å². The maximum atomic E-state index is 11.6. The number of carbonyl (C=O) groups is 1. The van der Waals surface area contributed by atoms with Gasteiger partial charge in [0.2, 0.25) is 5.91 Å². The van der Waals surface area contributed by atoms with E-state index < -0.39 is 0 Å². The van der Waals surface area contributed by atoms with Crippen LogP contribution in [-0.2, 0) is 4.79 Å². The molecule has 0 heterocycles. The Morgan fingerprint density at radius 1 is 1.41 bits per heavy atom. The minimum Gasteiger partial charge on any atom is -0.355 e. The molecule has 0 aromatic rings. The monoisotopic (exact) mass is 256 g/mol. The first kappa shape index (κ1) is 16.3. The van der Waals surface area contributed by atoms with Gasteiger partial charge in [-0.3, -0.25) is 4.79 Å². The Labute approximate surface area is 110 Å². The Bertz CT molecular complexity index is 238. The molecule has 1 amide bonds. The van der Waals surface area contributed by atoms with Gasteiger partial charge in [-0.05, 0) is 13.3 Å². The van der Waals surface area contributed by atoms with Gasteiger partial charge in [-0.15, -0.1) is 18.2 Å². The Balaban J connectivity index is 3.44. The van der Waals surface area contributed by atoms with Crippen LogP contribution in [0.3, 0.4) is 0 Å². The van der Waals surface area contributed by atoms with Crippen LogP contribution in [0.1, 0.15) is 33.1 Å². The van der Waals surface area contributed by atoms with E-state index in [0.29, 0.717) is 0 Å². The predicted molar refractivity (Wildman–Crippen MR) is 76.2 cm³/mol. The fraction of sp³-hybridized carbons (Fsp3) is 0.769. The first-order valence-electron chi connectivity index (χ1n) is 6.24. The molecule has 98 valence electrons. The molecular weight excluding hydrogens is 232 g/mol. The zero-order chi connectivity index (χ0) is 12.9. The number of terminal acetylenes is 1. The molecule has 0 fully saturated rings. The minimum atomic E-state index is -0.122. The molecular formula is C13H24N2OS. The van der Waals surface area contributed by atoms with E-state index in [2.05, 4.69) is 23.5 Å². The van der Waals surface area contributed by atoms with E-state index in [1.165, 1.54) is 12.8 Å². The smallest absolute Gasteiger partial charge is 0.236 e. The zero-order valence-corrected chi connectivity index (χ0v) is 11.7. The van der Waals surface area contributed by atoms with Crippen LogP contribution in [0.5, 0.6) is 0 Å². The van der Waals surface area contributed by atoms with Crippen molar-refractivity contribution >= 4 is 17.7 Å². The summed E-state index contributed by atoms with van der Waals surface area (Å²) in [4.78, 5) is 11.6. The van der Waals surface area contributed by atoms with Gasteiger partial charge >= 0.3 is 0 Å². The first-order chi connectivity index (χ1) is 8.22. The van der Waals surface area contributed by atoms with Crippen LogP contribution in [0.25, 0.3) is 0 Å². The molecule has 0 aliphatic heterocycles. The number of hydrogen-bond acceptors (Lipinski definition) is 3. The van der Waals surface area contributed by atoms with Crippen LogP contribution in [0.15, 0.2) is 0 Å². The third-order valence-corrected chi connectivity index (χ3v) is 3.22. The zero-order valence-electron chi connectivity index (χ0n) is 10.9. The molecule has 0 saturated heterocycles. The average Bonchev–Trinajstić information content (AvgIpc) is 2.34. The number of nitrogens with one attached hydrogen (secondary N) is 2. The van der Waals surface area contributed by atoms with Gasteiger partial charge in [-0.2, -0.15) is 0 Å². The summed E-state index contributed by atoms with van der Waals surface area (Å²) < 4.78 is 0. The summed E-state index contributed by atoms with van der Waals surface area (Å²) in [6.07, 6.45) is 8.55. The fourth-order valence-corrected chi connectivity index (χ4v) is 1.84. The summed E-state index contributed by atoms with van der Waals surface area (Å²) in [6, 6.07) is -0.122. The lowest BCUT2D eigenvalue weighted by molar-refractivity contribution is -0.122. The van der Waals surface area contributed by atoms with Crippen molar-refractivity contribution in [2.24, 2.45) is 0 Å². The largest absolute Gasteiger partial charge is 0.355 e. The number of hydrogen-bond donors (Lipinski definition) is 2. The van der Waals surface area contributed by atoms with Crippen LogP contribution >= 0.6 is 11.8 Å². The maximum absolute atomic E-state index is 11.6. The van der Waals surface area contributed by atoms with Gasteiger partial charge in [-0.1, -0.05) is 25.7 Å². The van der Waals surface area contributed by atoms with Crippen LogP contribution < -0.4 is 10.6 Å². The van der Waals surface area contributed by atoms with Gasteiger partial charge in [0.25, 0.3) is 0 Å². The highest BCUT2D eigenvalue weighted by Crippen LogP contribution is 1.96. The van der Waals surface area contributed by atoms with Gasteiger partial charge in [0.1, 0.15) is 0 Å². The number of thioether (sulfide) groups is 1. The van der Waals surface area contributed by atoms with Gasteiger partial charge in [-0.25, -0.2) is 0 Å². The minimum absolute atomic E-state index is 0.0862. The second kappa shape index (κ2) is 11.8. The Morgan fingerprint density at radius 3 is 2.82 bits per heavy atom. The maximum Gasteiger partial charge on any atom is 0.236 e.